The lowest BCUT2D eigenvalue weighted by atomic mass is 9.97. The molecule has 0 aromatic heterocycles. The lowest BCUT2D eigenvalue weighted by Crippen LogP contribution is -2.44. The molecule has 1 atom stereocenters. The molecule has 1 aromatic carbocycles. The van der Waals surface area contributed by atoms with E-state index in [1.54, 1.807) is 11.0 Å². The Balaban J connectivity index is 2.00. The number of benzene rings is 1. The number of nitrogens with two attached hydrogens (primary N) is 1. The number of halogens is 1. The summed E-state index contributed by atoms with van der Waals surface area (Å²) in [5.74, 6) is -0.543. The number of carbonyl (C=O) groups excluding carboxylic acids is 2. The number of amides is 2. The Kier molecular flexibility index (Phi) is 4.43. The summed E-state index contributed by atoms with van der Waals surface area (Å²) in [6.45, 7) is 1.12. The molecule has 0 aliphatic carbocycles. The number of primary amides is 1. The van der Waals surface area contributed by atoms with Crippen LogP contribution in [0.25, 0.3) is 0 Å². The van der Waals surface area contributed by atoms with Crippen LogP contribution in [0.3, 0.4) is 0 Å². The second-order valence-corrected chi connectivity index (χ2v) is 5.26. The highest BCUT2D eigenvalue weighted by molar-refractivity contribution is 6.31. The molecule has 19 heavy (non-hydrogen) atoms. The van der Waals surface area contributed by atoms with E-state index in [4.69, 9.17) is 17.3 Å². The quantitative estimate of drug-likeness (QED) is 0.914. The minimum atomic E-state index is -0.324. The molecule has 1 saturated heterocycles. The molecule has 0 saturated carbocycles. The van der Waals surface area contributed by atoms with E-state index < -0.39 is 0 Å². The summed E-state index contributed by atoms with van der Waals surface area (Å²) < 4.78 is 0. The van der Waals surface area contributed by atoms with Crippen LogP contribution in [0, 0.1) is 5.92 Å². The molecule has 0 radical (unpaired) electrons. The molecule has 102 valence electrons. The van der Waals surface area contributed by atoms with Crippen LogP contribution in [0.15, 0.2) is 24.3 Å². The van der Waals surface area contributed by atoms with Crippen molar-refractivity contribution in [1.29, 1.82) is 0 Å². The van der Waals surface area contributed by atoms with Gasteiger partial charge in [0.15, 0.2) is 0 Å². The third-order valence-corrected chi connectivity index (χ3v) is 3.84. The molecule has 5 heteroatoms. The van der Waals surface area contributed by atoms with Gasteiger partial charge < -0.3 is 10.6 Å². The van der Waals surface area contributed by atoms with Gasteiger partial charge in [0.1, 0.15) is 0 Å². The Morgan fingerprint density at radius 3 is 2.79 bits per heavy atom. The predicted octanol–water partition coefficient (Wildman–Crippen LogP) is 1.61. The number of piperidine rings is 1. The molecular weight excluding hydrogens is 264 g/mol. The molecule has 2 amide bonds. The van der Waals surface area contributed by atoms with Crippen LogP contribution in [0.2, 0.25) is 5.02 Å². The van der Waals surface area contributed by atoms with Crippen molar-refractivity contribution in [2.24, 2.45) is 11.7 Å². The topological polar surface area (TPSA) is 63.4 Å². The Morgan fingerprint density at radius 2 is 2.11 bits per heavy atom. The van der Waals surface area contributed by atoms with Gasteiger partial charge in [0.2, 0.25) is 11.8 Å². The van der Waals surface area contributed by atoms with Gasteiger partial charge in [-0.2, -0.15) is 0 Å². The van der Waals surface area contributed by atoms with Crippen molar-refractivity contribution in [3.63, 3.8) is 0 Å². The number of hydrogen-bond donors (Lipinski definition) is 1. The Bertz CT molecular complexity index is 490. The monoisotopic (exact) mass is 280 g/mol. The highest BCUT2D eigenvalue weighted by atomic mass is 35.5. The molecule has 2 N–H and O–H groups in total. The van der Waals surface area contributed by atoms with Crippen molar-refractivity contribution >= 4 is 23.4 Å². The molecule has 2 rings (SSSR count). The van der Waals surface area contributed by atoms with Gasteiger partial charge in [-0.15, -0.1) is 0 Å². The second-order valence-electron chi connectivity index (χ2n) is 4.85. The molecule has 1 aliphatic heterocycles. The smallest absolute Gasteiger partial charge is 0.227 e. The molecule has 1 fully saturated rings. The summed E-state index contributed by atoms with van der Waals surface area (Å²) in [5, 5.41) is 0.597. The Labute approximate surface area is 117 Å². The first kappa shape index (κ1) is 13.9. The number of nitrogens with zero attached hydrogens (tertiary/aromatic N) is 1. The molecule has 1 aliphatic rings. The van der Waals surface area contributed by atoms with Gasteiger partial charge in [0.25, 0.3) is 0 Å². The predicted molar refractivity (Wildman–Crippen MR) is 73.7 cm³/mol. The van der Waals surface area contributed by atoms with E-state index in [9.17, 15) is 9.59 Å². The zero-order valence-corrected chi connectivity index (χ0v) is 11.4. The molecule has 1 aromatic rings. The third kappa shape index (κ3) is 3.47. The zero-order chi connectivity index (χ0) is 13.8. The van der Waals surface area contributed by atoms with Crippen LogP contribution < -0.4 is 5.73 Å². The van der Waals surface area contributed by atoms with Crippen LogP contribution in [-0.4, -0.2) is 29.8 Å². The molecule has 0 spiro atoms. The minimum Gasteiger partial charge on any atom is -0.369 e. The van der Waals surface area contributed by atoms with E-state index in [2.05, 4.69) is 0 Å². The number of hydrogen-bond acceptors (Lipinski definition) is 2. The van der Waals surface area contributed by atoms with Crippen LogP contribution in [0.1, 0.15) is 18.4 Å². The first-order valence-corrected chi connectivity index (χ1v) is 6.76. The fraction of sp³-hybridized carbons (Fsp3) is 0.429. The van der Waals surface area contributed by atoms with E-state index in [-0.39, 0.29) is 24.2 Å². The summed E-state index contributed by atoms with van der Waals surface area (Å²) in [4.78, 5) is 25.1. The van der Waals surface area contributed by atoms with E-state index >= 15 is 0 Å². The number of rotatable bonds is 3. The van der Waals surface area contributed by atoms with Gasteiger partial charge >= 0.3 is 0 Å². The second kappa shape index (κ2) is 6.06. The van der Waals surface area contributed by atoms with Gasteiger partial charge in [-0.3, -0.25) is 9.59 Å². The van der Waals surface area contributed by atoms with Crippen molar-refractivity contribution in [2.45, 2.75) is 19.3 Å². The summed E-state index contributed by atoms with van der Waals surface area (Å²) in [6, 6.07) is 7.31. The average molecular weight is 281 g/mol. The molecule has 4 nitrogen and oxygen atoms in total. The van der Waals surface area contributed by atoms with Gasteiger partial charge in [-0.1, -0.05) is 29.8 Å². The third-order valence-electron chi connectivity index (χ3n) is 3.48. The van der Waals surface area contributed by atoms with Crippen LogP contribution in [0.5, 0.6) is 0 Å². The Morgan fingerprint density at radius 1 is 1.37 bits per heavy atom. The zero-order valence-electron chi connectivity index (χ0n) is 10.6. The fourth-order valence-electron chi connectivity index (χ4n) is 2.35. The molecule has 0 unspecified atom stereocenters. The van der Waals surface area contributed by atoms with E-state index in [0.29, 0.717) is 18.1 Å². The van der Waals surface area contributed by atoms with Gasteiger partial charge in [-0.25, -0.2) is 0 Å². The average Bonchev–Trinajstić information content (AvgIpc) is 2.41. The van der Waals surface area contributed by atoms with Crippen molar-refractivity contribution in [2.75, 3.05) is 13.1 Å². The van der Waals surface area contributed by atoms with Crippen molar-refractivity contribution < 1.29 is 9.59 Å². The summed E-state index contributed by atoms with van der Waals surface area (Å²) in [7, 11) is 0. The summed E-state index contributed by atoms with van der Waals surface area (Å²) in [6.07, 6.45) is 1.86. The normalized spacial score (nSPS) is 19.2. The molecular formula is C14H17ClN2O2. The van der Waals surface area contributed by atoms with Gasteiger partial charge in [0.05, 0.1) is 12.3 Å². The Hall–Kier alpha value is -1.55. The van der Waals surface area contributed by atoms with Crippen molar-refractivity contribution in [3.8, 4) is 0 Å². The number of carbonyl (C=O) groups is 2. The maximum atomic E-state index is 12.2. The summed E-state index contributed by atoms with van der Waals surface area (Å²) >= 11 is 6.04. The van der Waals surface area contributed by atoms with Crippen LogP contribution in [0.4, 0.5) is 0 Å². The first-order chi connectivity index (χ1) is 9.08. The van der Waals surface area contributed by atoms with Crippen LogP contribution in [-0.2, 0) is 16.0 Å². The fourth-order valence-corrected chi connectivity index (χ4v) is 2.55. The first-order valence-electron chi connectivity index (χ1n) is 6.38. The van der Waals surface area contributed by atoms with E-state index in [1.165, 1.54) is 0 Å². The van der Waals surface area contributed by atoms with Gasteiger partial charge in [0, 0.05) is 18.1 Å². The number of likely N-dealkylation sites (tertiary alicyclic amines) is 1. The highest BCUT2D eigenvalue weighted by Crippen LogP contribution is 2.20. The van der Waals surface area contributed by atoms with Crippen LogP contribution >= 0.6 is 11.6 Å². The summed E-state index contributed by atoms with van der Waals surface area (Å²) in [5.41, 5.74) is 6.12. The lowest BCUT2D eigenvalue weighted by Gasteiger charge is -2.31. The molecule has 1 heterocycles. The van der Waals surface area contributed by atoms with E-state index in [1.807, 2.05) is 18.2 Å². The standard InChI is InChI=1S/C14H17ClN2O2/c15-12-6-2-1-4-10(12)8-13(18)17-7-3-5-11(9-17)14(16)19/h1-2,4,6,11H,3,5,7-9H2,(H2,16,19)/t11-/m1/s1. The lowest BCUT2D eigenvalue weighted by molar-refractivity contribution is -0.134. The maximum absolute atomic E-state index is 12.2. The van der Waals surface area contributed by atoms with Gasteiger partial charge in [-0.05, 0) is 24.5 Å². The molecule has 0 bridgehead atoms. The largest absolute Gasteiger partial charge is 0.369 e. The van der Waals surface area contributed by atoms with Crippen molar-refractivity contribution in [1.82, 2.24) is 4.90 Å². The SMILES string of the molecule is NC(=O)[C@@H]1CCCN(C(=O)Cc2ccccc2Cl)C1. The maximum Gasteiger partial charge on any atom is 0.227 e. The minimum absolute atomic E-state index is 0.000880. The van der Waals surface area contributed by atoms with Crippen molar-refractivity contribution in [3.05, 3.63) is 34.9 Å². The highest BCUT2D eigenvalue weighted by Gasteiger charge is 2.26. The van der Waals surface area contributed by atoms with E-state index in [0.717, 1.165) is 18.4 Å².